The zero-order valence-electron chi connectivity index (χ0n) is 10.6. The van der Waals surface area contributed by atoms with E-state index in [0.29, 0.717) is 25.2 Å². The molecule has 19 heavy (non-hydrogen) atoms. The lowest BCUT2D eigenvalue weighted by molar-refractivity contribution is -0.384. The van der Waals surface area contributed by atoms with Gasteiger partial charge in [0.15, 0.2) is 0 Å². The van der Waals surface area contributed by atoms with Crippen molar-refractivity contribution in [2.45, 2.75) is 13.0 Å². The lowest BCUT2D eigenvalue weighted by Gasteiger charge is -2.08. The van der Waals surface area contributed by atoms with Gasteiger partial charge in [0, 0.05) is 37.3 Å². The first-order valence-corrected chi connectivity index (χ1v) is 5.92. The third kappa shape index (κ3) is 5.45. The molecular formula is C12H17N3O4. The van der Waals surface area contributed by atoms with Crippen molar-refractivity contribution in [3.05, 3.63) is 39.9 Å². The van der Waals surface area contributed by atoms with E-state index in [2.05, 4.69) is 10.6 Å². The van der Waals surface area contributed by atoms with Crippen LogP contribution in [0.5, 0.6) is 0 Å². The number of amides is 1. The fourth-order valence-corrected chi connectivity index (χ4v) is 1.41. The first-order chi connectivity index (χ1) is 9.00. The molecule has 0 aromatic heterocycles. The fourth-order valence-electron chi connectivity index (χ4n) is 1.41. The number of nitrogens with one attached hydrogen (secondary N) is 2. The van der Waals surface area contributed by atoms with Gasteiger partial charge in [-0.25, -0.2) is 0 Å². The van der Waals surface area contributed by atoms with Crippen molar-refractivity contribution >= 4 is 11.6 Å². The number of hydrogen-bond donors (Lipinski definition) is 3. The summed E-state index contributed by atoms with van der Waals surface area (Å²) in [7, 11) is 0. The van der Waals surface area contributed by atoms with E-state index in [4.69, 9.17) is 5.11 Å². The number of carbonyl (C=O) groups excluding carboxylic acids is 1. The van der Waals surface area contributed by atoms with Crippen LogP contribution < -0.4 is 10.6 Å². The summed E-state index contributed by atoms with van der Waals surface area (Å²) in [5, 5.41) is 25.1. The van der Waals surface area contributed by atoms with Crippen molar-refractivity contribution in [1.29, 1.82) is 0 Å². The van der Waals surface area contributed by atoms with E-state index >= 15 is 0 Å². The molecule has 0 radical (unpaired) electrons. The number of nitrogens with zero attached hydrogens (tertiary/aromatic N) is 1. The molecule has 0 fully saturated rings. The maximum atomic E-state index is 11.7. The van der Waals surface area contributed by atoms with Crippen molar-refractivity contribution in [3.63, 3.8) is 0 Å². The Morgan fingerprint density at radius 1 is 1.37 bits per heavy atom. The van der Waals surface area contributed by atoms with Crippen LogP contribution in [0.25, 0.3) is 0 Å². The summed E-state index contributed by atoms with van der Waals surface area (Å²) in [4.78, 5) is 21.6. The van der Waals surface area contributed by atoms with Gasteiger partial charge in [0.05, 0.1) is 11.0 Å². The predicted octanol–water partition coefficient (Wildman–Crippen LogP) is 0.295. The number of non-ortho nitro benzene ring substituents is 1. The van der Waals surface area contributed by atoms with Crippen molar-refractivity contribution in [3.8, 4) is 0 Å². The molecule has 0 bridgehead atoms. The van der Waals surface area contributed by atoms with E-state index in [1.807, 2.05) is 0 Å². The fraction of sp³-hybridized carbons (Fsp3) is 0.417. The molecule has 7 nitrogen and oxygen atoms in total. The molecule has 1 atom stereocenters. The lowest BCUT2D eigenvalue weighted by atomic mass is 10.2. The molecule has 1 unspecified atom stereocenters. The third-order valence-electron chi connectivity index (χ3n) is 2.37. The molecule has 1 aromatic rings. The summed E-state index contributed by atoms with van der Waals surface area (Å²) in [6.45, 7) is 3.10. The minimum atomic E-state index is -0.512. The van der Waals surface area contributed by atoms with Crippen LogP contribution in [0.2, 0.25) is 0 Å². The summed E-state index contributed by atoms with van der Waals surface area (Å²) in [6, 6.07) is 5.41. The number of aliphatic hydroxyl groups is 1. The van der Waals surface area contributed by atoms with E-state index in [1.54, 1.807) is 6.92 Å². The molecule has 0 aliphatic rings. The van der Waals surface area contributed by atoms with Crippen LogP contribution in [0.3, 0.4) is 0 Å². The Hall–Kier alpha value is -1.99. The van der Waals surface area contributed by atoms with Crippen molar-refractivity contribution in [2.75, 3.05) is 19.6 Å². The van der Waals surface area contributed by atoms with Crippen LogP contribution in [0, 0.1) is 10.1 Å². The highest BCUT2D eigenvalue weighted by molar-refractivity contribution is 5.94. The van der Waals surface area contributed by atoms with Gasteiger partial charge in [-0.1, -0.05) is 0 Å². The van der Waals surface area contributed by atoms with E-state index in [0.717, 1.165) is 0 Å². The number of carbonyl (C=O) groups is 1. The molecule has 0 aliphatic carbocycles. The monoisotopic (exact) mass is 267 g/mol. The smallest absolute Gasteiger partial charge is 0.269 e. The minimum Gasteiger partial charge on any atom is -0.392 e. The van der Waals surface area contributed by atoms with Crippen LogP contribution in [0.15, 0.2) is 24.3 Å². The van der Waals surface area contributed by atoms with Gasteiger partial charge >= 0.3 is 0 Å². The molecule has 1 rings (SSSR count). The summed E-state index contributed by atoms with van der Waals surface area (Å²) in [5.74, 6) is -0.284. The van der Waals surface area contributed by atoms with Crippen LogP contribution in [0.4, 0.5) is 5.69 Å². The van der Waals surface area contributed by atoms with Gasteiger partial charge in [-0.05, 0) is 19.1 Å². The Bertz CT molecular complexity index is 431. The van der Waals surface area contributed by atoms with E-state index in [9.17, 15) is 14.9 Å². The number of nitro groups is 1. The number of nitro benzene ring substituents is 1. The molecule has 0 saturated carbocycles. The summed E-state index contributed by atoms with van der Waals surface area (Å²) < 4.78 is 0. The minimum absolute atomic E-state index is 0.0462. The first-order valence-electron chi connectivity index (χ1n) is 5.92. The summed E-state index contributed by atoms with van der Waals surface area (Å²) >= 11 is 0. The number of aliphatic hydroxyl groups excluding tert-OH is 1. The SMILES string of the molecule is CC(O)CNCCNC(=O)c1ccc([N+](=O)[O-])cc1. The van der Waals surface area contributed by atoms with Gasteiger partial charge in [-0.3, -0.25) is 14.9 Å². The van der Waals surface area contributed by atoms with Gasteiger partial charge in [0.2, 0.25) is 0 Å². The second kappa shape index (κ2) is 7.45. The highest BCUT2D eigenvalue weighted by Crippen LogP contribution is 2.11. The van der Waals surface area contributed by atoms with Gasteiger partial charge in [-0.2, -0.15) is 0 Å². The highest BCUT2D eigenvalue weighted by atomic mass is 16.6. The number of benzene rings is 1. The van der Waals surface area contributed by atoms with E-state index in [1.165, 1.54) is 24.3 Å². The van der Waals surface area contributed by atoms with Crippen molar-refractivity contribution in [1.82, 2.24) is 10.6 Å². The molecule has 0 aliphatic heterocycles. The molecule has 1 aromatic carbocycles. The largest absolute Gasteiger partial charge is 0.392 e. The predicted molar refractivity (Wildman–Crippen MR) is 70.0 cm³/mol. The third-order valence-corrected chi connectivity index (χ3v) is 2.37. The van der Waals surface area contributed by atoms with Crippen LogP contribution in [0.1, 0.15) is 17.3 Å². The zero-order valence-corrected chi connectivity index (χ0v) is 10.6. The Labute approximate surface area is 110 Å². The molecule has 0 heterocycles. The quantitative estimate of drug-likeness (QED) is 0.374. The molecule has 0 spiro atoms. The maximum absolute atomic E-state index is 11.7. The molecule has 104 valence electrons. The van der Waals surface area contributed by atoms with Gasteiger partial charge in [0.25, 0.3) is 11.6 Å². The molecule has 0 saturated heterocycles. The summed E-state index contributed by atoms with van der Waals surface area (Å²) in [5.41, 5.74) is 0.330. The summed E-state index contributed by atoms with van der Waals surface area (Å²) in [6.07, 6.45) is -0.426. The topological polar surface area (TPSA) is 104 Å². The highest BCUT2D eigenvalue weighted by Gasteiger charge is 2.08. The van der Waals surface area contributed by atoms with Crippen LogP contribution in [-0.4, -0.2) is 41.7 Å². The first kappa shape index (κ1) is 15.1. The number of hydrogen-bond acceptors (Lipinski definition) is 5. The van der Waals surface area contributed by atoms with Gasteiger partial charge in [-0.15, -0.1) is 0 Å². The average molecular weight is 267 g/mol. The number of rotatable bonds is 7. The Kier molecular flexibility index (Phi) is 5.91. The van der Waals surface area contributed by atoms with Crippen molar-refractivity contribution in [2.24, 2.45) is 0 Å². The van der Waals surface area contributed by atoms with Crippen LogP contribution in [-0.2, 0) is 0 Å². The zero-order chi connectivity index (χ0) is 14.3. The Balaban J connectivity index is 2.35. The normalized spacial score (nSPS) is 11.9. The molecule has 1 amide bonds. The standard InChI is InChI=1S/C12H17N3O4/c1-9(16)8-13-6-7-14-12(17)10-2-4-11(5-3-10)15(18)19/h2-5,9,13,16H,6-8H2,1H3,(H,14,17). The van der Waals surface area contributed by atoms with Gasteiger partial charge < -0.3 is 15.7 Å². The second-order valence-corrected chi connectivity index (χ2v) is 4.11. The molecular weight excluding hydrogens is 250 g/mol. The Morgan fingerprint density at radius 2 is 2.00 bits per heavy atom. The van der Waals surface area contributed by atoms with Crippen molar-refractivity contribution < 1.29 is 14.8 Å². The van der Waals surface area contributed by atoms with Crippen LogP contribution >= 0.6 is 0 Å². The average Bonchev–Trinajstić information content (AvgIpc) is 2.37. The van der Waals surface area contributed by atoms with E-state index < -0.39 is 11.0 Å². The molecule has 3 N–H and O–H groups in total. The maximum Gasteiger partial charge on any atom is 0.269 e. The molecule has 7 heteroatoms. The van der Waals surface area contributed by atoms with E-state index in [-0.39, 0.29) is 11.6 Å². The van der Waals surface area contributed by atoms with Gasteiger partial charge in [0.1, 0.15) is 0 Å². The second-order valence-electron chi connectivity index (χ2n) is 4.11. The Morgan fingerprint density at radius 3 is 2.53 bits per heavy atom. The lowest BCUT2D eigenvalue weighted by Crippen LogP contribution is -2.34.